The van der Waals surface area contributed by atoms with Crippen LogP contribution in [0.15, 0.2) is 35.4 Å². The van der Waals surface area contributed by atoms with Gasteiger partial charge in [-0.15, -0.1) is 0 Å². The molecule has 1 aromatic carbocycles. The van der Waals surface area contributed by atoms with E-state index in [1.165, 1.54) is 11.8 Å². The second-order valence-corrected chi connectivity index (χ2v) is 8.42. The first-order chi connectivity index (χ1) is 14.1. The molecule has 5 rings (SSSR count). The van der Waals surface area contributed by atoms with Crippen LogP contribution in [0.25, 0.3) is 16.6 Å². The fraction of sp³-hybridized carbons (Fsp3) is 0.350. The van der Waals surface area contributed by atoms with E-state index in [2.05, 4.69) is 46.7 Å². The molecule has 0 spiro atoms. The van der Waals surface area contributed by atoms with Crippen LogP contribution < -0.4 is 15.8 Å². The Morgan fingerprint density at radius 1 is 1.17 bits per heavy atom. The van der Waals surface area contributed by atoms with Gasteiger partial charge in [-0.3, -0.25) is 15.6 Å². The summed E-state index contributed by atoms with van der Waals surface area (Å²) in [6, 6.07) is 8.13. The number of nitrogens with zero attached hydrogens (tertiary/aromatic N) is 4. The molecule has 0 aliphatic carbocycles. The van der Waals surface area contributed by atoms with Crippen LogP contribution in [0.1, 0.15) is 25.5 Å². The van der Waals surface area contributed by atoms with Crippen LogP contribution >= 0.6 is 11.8 Å². The maximum Gasteiger partial charge on any atom is 0.302 e. The Bertz CT molecular complexity index is 1090. The van der Waals surface area contributed by atoms with E-state index in [4.69, 9.17) is 9.84 Å². The minimum absolute atomic E-state index is 0.114. The molecule has 150 valence electrons. The number of hydrogen-bond donors (Lipinski definition) is 2. The van der Waals surface area contributed by atoms with Crippen molar-refractivity contribution in [3.63, 3.8) is 0 Å². The van der Waals surface area contributed by atoms with Crippen molar-refractivity contribution in [2.75, 3.05) is 36.6 Å². The molecular formula is C20H22N6O2S. The molecule has 3 aromatic rings. The van der Waals surface area contributed by atoms with Crippen LogP contribution in [-0.2, 0) is 4.74 Å². The lowest BCUT2D eigenvalue weighted by molar-refractivity contribution is 0.122. The van der Waals surface area contributed by atoms with E-state index < -0.39 is 0 Å². The predicted molar refractivity (Wildman–Crippen MR) is 114 cm³/mol. The lowest BCUT2D eigenvalue weighted by Crippen LogP contribution is -2.38. The molecule has 1 amide bonds. The van der Waals surface area contributed by atoms with Crippen molar-refractivity contribution >= 4 is 34.2 Å². The minimum Gasteiger partial charge on any atom is -0.378 e. The molecule has 9 heteroatoms. The second-order valence-electron chi connectivity index (χ2n) is 7.41. The summed E-state index contributed by atoms with van der Waals surface area (Å²) in [5.41, 5.74) is 10.6. The highest BCUT2D eigenvalue weighted by Crippen LogP contribution is 2.39. The molecule has 29 heavy (non-hydrogen) atoms. The molecule has 2 aliphatic heterocycles. The van der Waals surface area contributed by atoms with Crippen LogP contribution in [0.2, 0.25) is 0 Å². The van der Waals surface area contributed by atoms with Crippen molar-refractivity contribution in [3.05, 3.63) is 36.2 Å². The number of hydrazine groups is 1. The van der Waals surface area contributed by atoms with Gasteiger partial charge in [0.15, 0.2) is 0 Å². The molecule has 4 heterocycles. The highest BCUT2D eigenvalue weighted by Gasteiger charge is 2.24. The van der Waals surface area contributed by atoms with Gasteiger partial charge in [0.1, 0.15) is 0 Å². The summed E-state index contributed by atoms with van der Waals surface area (Å²) < 4.78 is 7.44. The average Bonchev–Trinajstić information content (AvgIpc) is 3.14. The number of nitrogens with one attached hydrogen (secondary N) is 2. The largest absolute Gasteiger partial charge is 0.378 e. The Balaban J connectivity index is 1.68. The molecule has 2 aliphatic rings. The molecule has 0 atom stereocenters. The van der Waals surface area contributed by atoms with Gasteiger partial charge in [0.2, 0.25) is 5.95 Å². The number of aromatic nitrogens is 3. The standard InChI is InChI=1S/C20H22N6O2S/c1-12(2)18-17(13-3-4-14-16(11-13)29-20(27)23-22-14)15-5-6-21-19(26(15)24-18)25-7-9-28-10-8-25/h3-6,11-12,22H,7-10H2,1-2H3,(H,23,27). The third-order valence-corrected chi connectivity index (χ3v) is 6.02. The van der Waals surface area contributed by atoms with Crippen LogP contribution in [0.5, 0.6) is 0 Å². The maximum atomic E-state index is 11.8. The predicted octanol–water partition coefficient (Wildman–Crippen LogP) is 3.50. The number of thioether (sulfide) groups is 1. The first-order valence-electron chi connectivity index (χ1n) is 9.70. The summed E-state index contributed by atoms with van der Waals surface area (Å²) in [6.07, 6.45) is 1.84. The fourth-order valence-corrected chi connectivity index (χ4v) is 4.49. The Morgan fingerprint density at radius 2 is 2.00 bits per heavy atom. The Labute approximate surface area is 172 Å². The molecule has 0 unspecified atom stereocenters. The number of morpholine rings is 1. The van der Waals surface area contributed by atoms with E-state index in [1.54, 1.807) is 0 Å². The fourth-order valence-electron chi connectivity index (χ4n) is 3.77. The first kappa shape index (κ1) is 18.3. The summed E-state index contributed by atoms with van der Waals surface area (Å²) in [6.45, 7) is 7.29. The van der Waals surface area contributed by atoms with Gasteiger partial charge in [-0.2, -0.15) is 9.61 Å². The monoisotopic (exact) mass is 410 g/mol. The number of hydrogen-bond acceptors (Lipinski definition) is 7. The second kappa shape index (κ2) is 7.23. The van der Waals surface area contributed by atoms with Gasteiger partial charge in [-0.25, -0.2) is 4.98 Å². The minimum atomic E-state index is -0.114. The van der Waals surface area contributed by atoms with E-state index in [1.807, 2.05) is 22.8 Å². The number of benzene rings is 1. The molecule has 0 bridgehead atoms. The normalized spacial score (nSPS) is 16.7. The Kier molecular flexibility index (Phi) is 4.56. The van der Waals surface area contributed by atoms with Crippen LogP contribution in [0.3, 0.4) is 0 Å². The number of rotatable bonds is 3. The number of ether oxygens (including phenoxy) is 1. The van der Waals surface area contributed by atoms with Crippen LogP contribution in [0.4, 0.5) is 16.4 Å². The van der Waals surface area contributed by atoms with E-state index in [0.29, 0.717) is 13.2 Å². The average molecular weight is 411 g/mol. The molecule has 1 fully saturated rings. The molecule has 2 aromatic heterocycles. The molecule has 1 saturated heterocycles. The third-order valence-electron chi connectivity index (χ3n) is 5.17. The Hall–Kier alpha value is -2.78. The van der Waals surface area contributed by atoms with Gasteiger partial charge >= 0.3 is 5.24 Å². The smallest absolute Gasteiger partial charge is 0.302 e. The highest BCUT2D eigenvalue weighted by atomic mass is 32.2. The van der Waals surface area contributed by atoms with Crippen molar-refractivity contribution in [1.82, 2.24) is 20.0 Å². The lowest BCUT2D eigenvalue weighted by atomic mass is 9.98. The third kappa shape index (κ3) is 3.20. The van der Waals surface area contributed by atoms with Crippen molar-refractivity contribution in [2.24, 2.45) is 0 Å². The number of amides is 1. The summed E-state index contributed by atoms with van der Waals surface area (Å²) >= 11 is 1.19. The van der Waals surface area contributed by atoms with Gasteiger partial charge < -0.3 is 9.64 Å². The zero-order valence-corrected chi connectivity index (χ0v) is 17.1. The van der Waals surface area contributed by atoms with E-state index >= 15 is 0 Å². The van der Waals surface area contributed by atoms with Gasteiger partial charge in [-0.1, -0.05) is 19.9 Å². The van der Waals surface area contributed by atoms with Gasteiger partial charge in [-0.05, 0) is 41.4 Å². The van der Waals surface area contributed by atoms with Crippen molar-refractivity contribution in [2.45, 2.75) is 24.7 Å². The van der Waals surface area contributed by atoms with Gasteiger partial charge in [0.25, 0.3) is 0 Å². The first-order valence-corrected chi connectivity index (χ1v) is 10.5. The topological polar surface area (TPSA) is 83.8 Å². The lowest BCUT2D eigenvalue weighted by Gasteiger charge is -2.27. The highest BCUT2D eigenvalue weighted by molar-refractivity contribution is 8.13. The summed E-state index contributed by atoms with van der Waals surface area (Å²) in [5, 5.41) is 4.85. The van der Waals surface area contributed by atoms with Gasteiger partial charge in [0, 0.05) is 29.7 Å². The molecular weight excluding hydrogens is 388 g/mol. The van der Waals surface area contributed by atoms with Crippen molar-refractivity contribution < 1.29 is 9.53 Å². The number of carbonyl (C=O) groups excluding carboxylic acids is 1. The molecule has 0 saturated carbocycles. The molecule has 8 nitrogen and oxygen atoms in total. The van der Waals surface area contributed by atoms with E-state index in [-0.39, 0.29) is 11.2 Å². The quantitative estimate of drug-likeness (QED) is 0.684. The Morgan fingerprint density at radius 3 is 2.79 bits per heavy atom. The van der Waals surface area contributed by atoms with Gasteiger partial charge in [0.05, 0.1) is 30.1 Å². The molecule has 0 radical (unpaired) electrons. The summed E-state index contributed by atoms with van der Waals surface area (Å²) in [4.78, 5) is 19.5. The number of carbonyl (C=O) groups is 1. The maximum absolute atomic E-state index is 11.8. The van der Waals surface area contributed by atoms with E-state index in [9.17, 15) is 4.79 Å². The zero-order valence-electron chi connectivity index (χ0n) is 16.3. The van der Waals surface area contributed by atoms with Crippen LogP contribution in [-0.4, -0.2) is 46.1 Å². The van der Waals surface area contributed by atoms with Crippen molar-refractivity contribution in [3.8, 4) is 11.1 Å². The summed E-state index contributed by atoms with van der Waals surface area (Å²) in [5.74, 6) is 1.08. The summed E-state index contributed by atoms with van der Waals surface area (Å²) in [7, 11) is 0. The van der Waals surface area contributed by atoms with Crippen LogP contribution in [0, 0.1) is 0 Å². The van der Waals surface area contributed by atoms with E-state index in [0.717, 1.165) is 52.0 Å². The number of fused-ring (bicyclic) bond motifs is 2. The zero-order chi connectivity index (χ0) is 20.0. The SMILES string of the molecule is CC(C)c1nn2c(N3CCOCC3)nccc2c1-c1ccc2c(c1)SC(=O)NN2. The number of anilines is 2. The van der Waals surface area contributed by atoms with Crippen molar-refractivity contribution in [1.29, 1.82) is 0 Å². The molecule has 2 N–H and O–H groups in total.